The molecule has 2 heterocycles. The van der Waals surface area contributed by atoms with Crippen molar-refractivity contribution < 1.29 is 0 Å². The molecule has 102 valence electrons. The van der Waals surface area contributed by atoms with Crippen molar-refractivity contribution in [3.63, 3.8) is 0 Å². The molecule has 0 aliphatic heterocycles. The predicted molar refractivity (Wildman–Crippen MR) is 88.7 cm³/mol. The van der Waals surface area contributed by atoms with Crippen LogP contribution in [0.15, 0.2) is 57.2 Å². The van der Waals surface area contributed by atoms with Crippen LogP contribution < -0.4 is 10.9 Å². The highest BCUT2D eigenvalue weighted by atomic mass is 79.9. The van der Waals surface area contributed by atoms with Crippen molar-refractivity contribution in [2.45, 2.75) is 6.54 Å². The Hall–Kier alpha value is -1.59. The molecular formula is C15H13BrN2OS. The lowest BCUT2D eigenvalue weighted by atomic mass is 10.3. The molecule has 0 aliphatic carbocycles. The van der Waals surface area contributed by atoms with E-state index in [1.165, 1.54) is 0 Å². The van der Waals surface area contributed by atoms with Gasteiger partial charge in [0.2, 0.25) is 0 Å². The molecule has 0 unspecified atom stereocenters. The number of hydrogen-bond acceptors (Lipinski definition) is 3. The third-order valence-electron chi connectivity index (χ3n) is 3.13. The van der Waals surface area contributed by atoms with Crippen molar-refractivity contribution in [1.29, 1.82) is 0 Å². The largest absolute Gasteiger partial charge is 0.382 e. The average Bonchev–Trinajstić information content (AvgIpc) is 2.93. The van der Waals surface area contributed by atoms with E-state index in [0.29, 0.717) is 13.1 Å². The standard InChI is InChI=1S/C15H13BrN2OS/c16-12-3-1-2-4-13(12)17-7-9-18-8-5-14-11(15(18)19)6-10-20-14/h1-6,8,10,17H,7,9H2. The number of nitrogens with one attached hydrogen (secondary N) is 1. The van der Waals surface area contributed by atoms with Gasteiger partial charge in [-0.15, -0.1) is 11.3 Å². The van der Waals surface area contributed by atoms with E-state index in [4.69, 9.17) is 0 Å². The van der Waals surface area contributed by atoms with Crippen molar-refractivity contribution >= 4 is 43.0 Å². The summed E-state index contributed by atoms with van der Waals surface area (Å²) in [6, 6.07) is 11.8. The van der Waals surface area contributed by atoms with Crippen LogP contribution in [0.1, 0.15) is 0 Å². The van der Waals surface area contributed by atoms with E-state index < -0.39 is 0 Å². The van der Waals surface area contributed by atoms with Crippen LogP contribution in [0.25, 0.3) is 10.1 Å². The van der Waals surface area contributed by atoms with Crippen LogP contribution in [-0.4, -0.2) is 11.1 Å². The number of rotatable bonds is 4. The lowest BCUT2D eigenvalue weighted by molar-refractivity contribution is 0.704. The number of hydrogen-bond donors (Lipinski definition) is 1. The van der Waals surface area contributed by atoms with Crippen LogP contribution >= 0.6 is 27.3 Å². The van der Waals surface area contributed by atoms with E-state index in [9.17, 15) is 4.79 Å². The molecule has 0 fully saturated rings. The highest BCUT2D eigenvalue weighted by molar-refractivity contribution is 9.10. The van der Waals surface area contributed by atoms with Gasteiger partial charge < -0.3 is 9.88 Å². The van der Waals surface area contributed by atoms with Crippen LogP contribution in [0, 0.1) is 0 Å². The zero-order valence-corrected chi connectivity index (χ0v) is 13.1. The van der Waals surface area contributed by atoms with Gasteiger partial charge in [0.1, 0.15) is 0 Å². The number of pyridine rings is 1. The Balaban J connectivity index is 1.73. The van der Waals surface area contributed by atoms with Crippen LogP contribution in [0.4, 0.5) is 5.69 Å². The fourth-order valence-corrected chi connectivity index (χ4v) is 3.30. The van der Waals surface area contributed by atoms with Crippen molar-refractivity contribution in [3.8, 4) is 0 Å². The Labute approximate surface area is 129 Å². The van der Waals surface area contributed by atoms with Crippen molar-refractivity contribution in [1.82, 2.24) is 4.57 Å². The van der Waals surface area contributed by atoms with Gasteiger partial charge in [-0.05, 0) is 45.6 Å². The summed E-state index contributed by atoms with van der Waals surface area (Å²) in [6.45, 7) is 1.35. The molecule has 20 heavy (non-hydrogen) atoms. The second-order valence-electron chi connectivity index (χ2n) is 4.42. The average molecular weight is 349 g/mol. The third-order valence-corrected chi connectivity index (χ3v) is 4.71. The Morgan fingerprint density at radius 3 is 2.90 bits per heavy atom. The van der Waals surface area contributed by atoms with Crippen LogP contribution in [0.5, 0.6) is 0 Å². The van der Waals surface area contributed by atoms with E-state index in [1.54, 1.807) is 15.9 Å². The zero-order valence-electron chi connectivity index (χ0n) is 10.7. The first-order valence-electron chi connectivity index (χ1n) is 6.31. The molecule has 3 aromatic rings. The van der Waals surface area contributed by atoms with Gasteiger partial charge in [0, 0.05) is 34.1 Å². The third kappa shape index (κ3) is 2.64. The number of anilines is 1. The van der Waals surface area contributed by atoms with Crippen molar-refractivity contribution in [3.05, 3.63) is 62.8 Å². The number of thiophene rings is 1. The summed E-state index contributed by atoms with van der Waals surface area (Å²) in [4.78, 5) is 12.2. The highest BCUT2D eigenvalue weighted by Gasteiger charge is 2.03. The first-order valence-corrected chi connectivity index (χ1v) is 7.98. The molecular weight excluding hydrogens is 336 g/mol. The highest BCUT2D eigenvalue weighted by Crippen LogP contribution is 2.21. The predicted octanol–water partition coefficient (Wildman–Crippen LogP) is 3.94. The van der Waals surface area contributed by atoms with Crippen LogP contribution in [0.2, 0.25) is 0 Å². The first-order chi connectivity index (χ1) is 9.75. The molecule has 0 saturated heterocycles. The molecule has 0 bridgehead atoms. The molecule has 1 aromatic carbocycles. The number of halogens is 1. The van der Waals surface area contributed by atoms with Crippen molar-refractivity contribution in [2.75, 3.05) is 11.9 Å². The summed E-state index contributed by atoms with van der Waals surface area (Å²) in [5, 5.41) is 6.08. The minimum absolute atomic E-state index is 0.0812. The van der Waals surface area contributed by atoms with E-state index >= 15 is 0 Å². The quantitative estimate of drug-likeness (QED) is 0.774. The molecule has 0 amide bonds. The number of nitrogens with zero attached hydrogens (tertiary/aromatic N) is 1. The second-order valence-corrected chi connectivity index (χ2v) is 6.22. The zero-order chi connectivity index (χ0) is 13.9. The Kier molecular flexibility index (Phi) is 3.89. The summed E-state index contributed by atoms with van der Waals surface area (Å²) in [5.74, 6) is 0. The molecule has 0 spiro atoms. The normalized spacial score (nSPS) is 10.8. The Morgan fingerprint density at radius 1 is 1.20 bits per heavy atom. The first kappa shape index (κ1) is 13.4. The SMILES string of the molecule is O=c1c2ccsc2ccn1CCNc1ccccc1Br. The molecule has 0 radical (unpaired) electrons. The maximum absolute atomic E-state index is 12.2. The minimum atomic E-state index is 0.0812. The maximum Gasteiger partial charge on any atom is 0.259 e. The Bertz CT molecular complexity index is 794. The topological polar surface area (TPSA) is 34.0 Å². The number of aromatic nitrogens is 1. The van der Waals surface area contributed by atoms with Gasteiger partial charge in [-0.2, -0.15) is 0 Å². The summed E-state index contributed by atoms with van der Waals surface area (Å²) in [5.41, 5.74) is 1.12. The molecule has 5 heteroatoms. The molecule has 3 rings (SSSR count). The smallest absolute Gasteiger partial charge is 0.259 e. The summed E-state index contributed by atoms with van der Waals surface area (Å²) in [7, 11) is 0. The fourth-order valence-electron chi connectivity index (χ4n) is 2.10. The fraction of sp³-hybridized carbons (Fsp3) is 0.133. The van der Waals surface area contributed by atoms with E-state index in [2.05, 4.69) is 21.2 Å². The summed E-state index contributed by atoms with van der Waals surface area (Å²) < 4.78 is 3.82. The van der Waals surface area contributed by atoms with E-state index in [-0.39, 0.29) is 5.56 Å². The van der Waals surface area contributed by atoms with Gasteiger partial charge in [-0.25, -0.2) is 0 Å². The van der Waals surface area contributed by atoms with Crippen LogP contribution in [-0.2, 0) is 6.54 Å². The molecule has 0 atom stereocenters. The molecule has 2 aromatic heterocycles. The monoisotopic (exact) mass is 348 g/mol. The van der Waals surface area contributed by atoms with E-state index in [0.717, 1.165) is 20.2 Å². The number of fused-ring (bicyclic) bond motifs is 1. The lowest BCUT2D eigenvalue weighted by Gasteiger charge is -2.10. The molecule has 1 N–H and O–H groups in total. The summed E-state index contributed by atoms with van der Waals surface area (Å²) in [6.07, 6.45) is 1.86. The lowest BCUT2D eigenvalue weighted by Crippen LogP contribution is -2.22. The minimum Gasteiger partial charge on any atom is -0.382 e. The summed E-state index contributed by atoms with van der Waals surface area (Å²) >= 11 is 5.09. The van der Waals surface area contributed by atoms with Gasteiger partial charge >= 0.3 is 0 Å². The van der Waals surface area contributed by atoms with Gasteiger partial charge in [-0.1, -0.05) is 12.1 Å². The second kappa shape index (κ2) is 5.81. The van der Waals surface area contributed by atoms with Gasteiger partial charge in [0.05, 0.1) is 5.39 Å². The van der Waals surface area contributed by atoms with Crippen LogP contribution in [0.3, 0.4) is 0 Å². The van der Waals surface area contributed by atoms with E-state index in [1.807, 2.05) is 48.0 Å². The Morgan fingerprint density at radius 2 is 2.05 bits per heavy atom. The molecule has 0 saturated carbocycles. The van der Waals surface area contributed by atoms with Gasteiger partial charge in [0.15, 0.2) is 0 Å². The number of benzene rings is 1. The van der Waals surface area contributed by atoms with Crippen molar-refractivity contribution in [2.24, 2.45) is 0 Å². The van der Waals surface area contributed by atoms with Gasteiger partial charge in [0.25, 0.3) is 5.56 Å². The van der Waals surface area contributed by atoms with Gasteiger partial charge in [-0.3, -0.25) is 4.79 Å². The molecule has 0 aliphatic rings. The molecule has 3 nitrogen and oxygen atoms in total. The number of para-hydroxylation sites is 1. The maximum atomic E-state index is 12.2.